The van der Waals surface area contributed by atoms with Crippen molar-refractivity contribution in [1.82, 2.24) is 10.6 Å². The average molecular weight is 154 g/mol. The molecule has 0 bridgehead atoms. The van der Waals surface area contributed by atoms with E-state index in [2.05, 4.69) is 10.6 Å². The number of nitrogens with one attached hydrogen (secondary N) is 2. The molecular weight excluding hydrogens is 145 g/mol. The predicted molar refractivity (Wildman–Crippen MR) is 33.7 cm³/mol. The number of nitrogens with two attached hydrogens (primary N) is 1. The summed E-state index contributed by atoms with van der Waals surface area (Å²) in [5.41, 5.74) is 4.66. The Bertz CT molecular complexity index is 102. The van der Waals surface area contributed by atoms with E-state index in [4.69, 9.17) is 17.3 Å². The summed E-state index contributed by atoms with van der Waals surface area (Å²) in [6.45, 7) is 0.225. The standard InChI is InChI=1S/C4H9ClFN3/c5-3-2(6)1-8-4(7)9-3/h2-4,8-9H,1,7H2. The van der Waals surface area contributed by atoms with Gasteiger partial charge in [0.15, 0.2) is 0 Å². The van der Waals surface area contributed by atoms with Crippen molar-refractivity contribution in [1.29, 1.82) is 0 Å². The molecule has 1 saturated heterocycles. The maximum absolute atomic E-state index is 12.4. The van der Waals surface area contributed by atoms with Crippen LogP contribution in [-0.2, 0) is 0 Å². The van der Waals surface area contributed by atoms with Gasteiger partial charge in [-0.15, -0.1) is 11.6 Å². The van der Waals surface area contributed by atoms with Crippen LogP contribution in [-0.4, -0.2) is 24.5 Å². The molecule has 1 rings (SSSR count). The van der Waals surface area contributed by atoms with Crippen LogP contribution in [0.3, 0.4) is 0 Å². The summed E-state index contributed by atoms with van der Waals surface area (Å²) < 4.78 is 12.4. The third kappa shape index (κ3) is 1.76. The Labute approximate surface area is 57.7 Å². The Hall–Kier alpha value is 0.1000. The highest BCUT2D eigenvalue weighted by molar-refractivity contribution is 6.20. The molecular formula is C4H9ClFN3. The Morgan fingerprint density at radius 3 is 2.78 bits per heavy atom. The molecule has 0 aliphatic carbocycles. The van der Waals surface area contributed by atoms with Crippen LogP contribution in [0.5, 0.6) is 0 Å². The van der Waals surface area contributed by atoms with E-state index in [0.29, 0.717) is 0 Å². The fraction of sp³-hybridized carbons (Fsp3) is 1.00. The molecule has 0 aromatic heterocycles. The molecule has 5 heteroatoms. The average Bonchev–Trinajstić information content (AvgIpc) is 1.80. The summed E-state index contributed by atoms with van der Waals surface area (Å²) in [5, 5.41) is 5.26. The first-order valence-corrected chi connectivity index (χ1v) is 3.17. The lowest BCUT2D eigenvalue weighted by Gasteiger charge is -2.28. The zero-order chi connectivity index (χ0) is 6.85. The number of rotatable bonds is 0. The molecule has 54 valence electrons. The van der Waals surface area contributed by atoms with Crippen molar-refractivity contribution in [2.45, 2.75) is 18.0 Å². The van der Waals surface area contributed by atoms with Gasteiger partial charge in [0.05, 0.1) is 0 Å². The fourth-order valence-electron chi connectivity index (χ4n) is 0.678. The van der Waals surface area contributed by atoms with Crippen molar-refractivity contribution >= 4 is 11.6 Å². The van der Waals surface area contributed by atoms with Crippen molar-refractivity contribution in [3.63, 3.8) is 0 Å². The molecule has 0 aromatic rings. The lowest BCUT2D eigenvalue weighted by atomic mass is 10.3. The van der Waals surface area contributed by atoms with Gasteiger partial charge in [0.2, 0.25) is 0 Å². The van der Waals surface area contributed by atoms with Crippen LogP contribution in [0.25, 0.3) is 0 Å². The molecule has 1 fully saturated rings. The van der Waals surface area contributed by atoms with Crippen molar-refractivity contribution in [2.24, 2.45) is 5.73 Å². The van der Waals surface area contributed by atoms with Crippen LogP contribution < -0.4 is 16.4 Å². The van der Waals surface area contributed by atoms with Gasteiger partial charge in [-0.1, -0.05) is 0 Å². The minimum atomic E-state index is -1.05. The molecule has 0 spiro atoms. The third-order valence-corrected chi connectivity index (χ3v) is 1.59. The van der Waals surface area contributed by atoms with Crippen molar-refractivity contribution < 1.29 is 4.39 Å². The normalized spacial score (nSPS) is 45.0. The second-order valence-electron chi connectivity index (χ2n) is 1.97. The molecule has 0 aromatic carbocycles. The monoisotopic (exact) mass is 153 g/mol. The molecule has 1 aliphatic heterocycles. The van der Waals surface area contributed by atoms with Gasteiger partial charge in [-0.05, 0) is 0 Å². The first kappa shape index (κ1) is 7.21. The van der Waals surface area contributed by atoms with E-state index in [1.165, 1.54) is 0 Å². The van der Waals surface area contributed by atoms with Gasteiger partial charge in [0, 0.05) is 6.54 Å². The van der Waals surface area contributed by atoms with Gasteiger partial charge in [0.25, 0.3) is 0 Å². The second kappa shape index (κ2) is 2.79. The van der Waals surface area contributed by atoms with Gasteiger partial charge in [-0.25, -0.2) is 4.39 Å². The second-order valence-corrected chi connectivity index (χ2v) is 2.44. The van der Waals surface area contributed by atoms with Gasteiger partial charge in [-0.3, -0.25) is 10.6 Å². The summed E-state index contributed by atoms with van der Waals surface area (Å²) in [7, 11) is 0. The number of alkyl halides is 2. The van der Waals surface area contributed by atoms with E-state index in [9.17, 15) is 4.39 Å². The van der Waals surface area contributed by atoms with Gasteiger partial charge in [-0.2, -0.15) is 0 Å². The first-order chi connectivity index (χ1) is 4.20. The molecule has 4 N–H and O–H groups in total. The van der Waals surface area contributed by atoms with E-state index in [-0.39, 0.29) is 12.8 Å². The Kier molecular flexibility index (Phi) is 2.23. The number of halogens is 2. The number of hydrogen-bond donors (Lipinski definition) is 3. The first-order valence-electron chi connectivity index (χ1n) is 2.73. The van der Waals surface area contributed by atoms with E-state index in [1.807, 2.05) is 0 Å². The molecule has 1 aliphatic rings. The zero-order valence-corrected chi connectivity index (χ0v) is 5.53. The summed E-state index contributed by atoms with van der Waals surface area (Å²) in [5.74, 6) is 0. The van der Waals surface area contributed by atoms with Gasteiger partial charge >= 0.3 is 0 Å². The zero-order valence-electron chi connectivity index (χ0n) is 4.77. The van der Waals surface area contributed by atoms with Crippen LogP contribution in [0.1, 0.15) is 0 Å². The summed E-state index contributed by atoms with van der Waals surface area (Å²) in [6, 6.07) is 0. The predicted octanol–water partition coefficient (Wildman–Crippen LogP) is -0.675. The van der Waals surface area contributed by atoms with Crippen LogP contribution in [0, 0.1) is 0 Å². The lowest BCUT2D eigenvalue weighted by Crippen LogP contribution is -2.61. The largest absolute Gasteiger partial charge is 0.304 e. The van der Waals surface area contributed by atoms with Crippen molar-refractivity contribution in [3.05, 3.63) is 0 Å². The quantitative estimate of drug-likeness (QED) is 0.320. The fourth-order valence-corrected chi connectivity index (χ4v) is 0.903. The molecule has 3 unspecified atom stereocenters. The summed E-state index contributed by atoms with van der Waals surface area (Å²) >= 11 is 5.46. The number of hydrogen-bond acceptors (Lipinski definition) is 3. The van der Waals surface area contributed by atoms with Crippen LogP contribution in [0.15, 0.2) is 0 Å². The van der Waals surface area contributed by atoms with Crippen LogP contribution in [0.2, 0.25) is 0 Å². The molecule has 0 amide bonds. The van der Waals surface area contributed by atoms with E-state index < -0.39 is 11.7 Å². The smallest absolute Gasteiger partial charge is 0.142 e. The van der Waals surface area contributed by atoms with E-state index in [1.54, 1.807) is 0 Å². The maximum Gasteiger partial charge on any atom is 0.142 e. The van der Waals surface area contributed by atoms with E-state index in [0.717, 1.165) is 0 Å². The Morgan fingerprint density at radius 1 is 1.67 bits per heavy atom. The van der Waals surface area contributed by atoms with Crippen molar-refractivity contribution in [2.75, 3.05) is 6.54 Å². The van der Waals surface area contributed by atoms with Crippen LogP contribution >= 0.6 is 11.6 Å². The van der Waals surface area contributed by atoms with Gasteiger partial charge < -0.3 is 5.73 Å². The molecule has 9 heavy (non-hydrogen) atoms. The van der Waals surface area contributed by atoms with E-state index >= 15 is 0 Å². The Balaban J connectivity index is 2.35. The highest BCUT2D eigenvalue weighted by Crippen LogP contribution is 2.05. The molecule has 1 heterocycles. The third-order valence-electron chi connectivity index (χ3n) is 1.19. The van der Waals surface area contributed by atoms with Crippen molar-refractivity contribution in [3.8, 4) is 0 Å². The molecule has 3 atom stereocenters. The minimum Gasteiger partial charge on any atom is -0.304 e. The maximum atomic E-state index is 12.4. The highest BCUT2D eigenvalue weighted by Gasteiger charge is 2.25. The Morgan fingerprint density at radius 2 is 2.33 bits per heavy atom. The SMILES string of the molecule is NC1NCC(F)C(Cl)N1. The minimum absolute atomic E-state index is 0.225. The van der Waals surface area contributed by atoms with Crippen LogP contribution in [0.4, 0.5) is 4.39 Å². The lowest BCUT2D eigenvalue weighted by molar-refractivity contribution is 0.210. The van der Waals surface area contributed by atoms with Gasteiger partial charge in [0.1, 0.15) is 18.0 Å². The highest BCUT2D eigenvalue weighted by atomic mass is 35.5. The molecule has 0 radical (unpaired) electrons. The summed E-state index contributed by atoms with van der Waals surface area (Å²) in [4.78, 5) is 0. The summed E-state index contributed by atoms with van der Waals surface area (Å²) in [6.07, 6.45) is -1.43. The molecule has 3 nitrogen and oxygen atoms in total. The topological polar surface area (TPSA) is 50.1 Å². The molecule has 0 saturated carbocycles.